The van der Waals surface area contributed by atoms with Gasteiger partial charge in [0.15, 0.2) is 0 Å². The summed E-state index contributed by atoms with van der Waals surface area (Å²) in [5.41, 5.74) is 6.74. The number of aliphatic carboxylic acids is 1. The molecule has 104 valence electrons. The smallest absolute Gasteiger partial charge is 0.303 e. The Morgan fingerprint density at radius 2 is 2.05 bits per heavy atom. The van der Waals surface area contributed by atoms with Gasteiger partial charge in [0, 0.05) is 30.3 Å². The second kappa shape index (κ2) is 6.78. The van der Waals surface area contributed by atoms with Crippen LogP contribution < -0.4 is 5.73 Å². The van der Waals surface area contributed by atoms with Crippen molar-refractivity contribution in [2.45, 2.75) is 32.7 Å². The van der Waals surface area contributed by atoms with E-state index in [2.05, 4.69) is 0 Å². The summed E-state index contributed by atoms with van der Waals surface area (Å²) in [6.07, 6.45) is 0.509. The molecular formula is C14H20N2O3. The van der Waals surface area contributed by atoms with E-state index in [9.17, 15) is 9.59 Å². The Balaban J connectivity index is 2.75. The molecule has 0 unspecified atom stereocenters. The van der Waals surface area contributed by atoms with Crippen molar-refractivity contribution in [1.82, 2.24) is 4.90 Å². The highest BCUT2D eigenvalue weighted by Gasteiger charge is 2.18. The van der Waals surface area contributed by atoms with E-state index >= 15 is 0 Å². The number of amides is 1. The number of nitrogens with two attached hydrogens (primary N) is 1. The molecule has 1 amide bonds. The van der Waals surface area contributed by atoms with Crippen molar-refractivity contribution < 1.29 is 14.7 Å². The normalized spacial score (nSPS) is 10.5. The largest absolute Gasteiger partial charge is 0.481 e. The van der Waals surface area contributed by atoms with Crippen molar-refractivity contribution in [3.05, 3.63) is 29.8 Å². The van der Waals surface area contributed by atoms with Gasteiger partial charge in [-0.1, -0.05) is 6.07 Å². The van der Waals surface area contributed by atoms with Gasteiger partial charge in [0.05, 0.1) is 0 Å². The fourth-order valence-electron chi connectivity index (χ4n) is 1.83. The molecule has 0 saturated heterocycles. The highest BCUT2D eigenvalue weighted by atomic mass is 16.4. The molecule has 1 aromatic rings. The number of hydrogen-bond acceptors (Lipinski definition) is 3. The second-order valence-corrected chi connectivity index (χ2v) is 4.72. The summed E-state index contributed by atoms with van der Waals surface area (Å²) in [4.78, 5) is 24.5. The van der Waals surface area contributed by atoms with E-state index in [1.807, 2.05) is 13.8 Å². The fraction of sp³-hybridized carbons (Fsp3) is 0.429. The average molecular weight is 264 g/mol. The predicted molar refractivity (Wildman–Crippen MR) is 73.9 cm³/mol. The zero-order chi connectivity index (χ0) is 14.4. The lowest BCUT2D eigenvalue weighted by atomic mass is 10.1. The summed E-state index contributed by atoms with van der Waals surface area (Å²) in [6.45, 7) is 4.24. The molecule has 0 aliphatic heterocycles. The number of nitrogens with zero attached hydrogens (tertiary/aromatic N) is 1. The minimum absolute atomic E-state index is 0.0164. The molecule has 0 bridgehead atoms. The van der Waals surface area contributed by atoms with E-state index in [-0.39, 0.29) is 18.4 Å². The summed E-state index contributed by atoms with van der Waals surface area (Å²) >= 11 is 0. The van der Waals surface area contributed by atoms with Gasteiger partial charge in [0.2, 0.25) is 0 Å². The topological polar surface area (TPSA) is 83.6 Å². The minimum Gasteiger partial charge on any atom is -0.481 e. The zero-order valence-corrected chi connectivity index (χ0v) is 11.3. The quantitative estimate of drug-likeness (QED) is 0.769. The third-order valence-corrected chi connectivity index (χ3v) is 2.81. The summed E-state index contributed by atoms with van der Waals surface area (Å²) in [5, 5.41) is 8.64. The van der Waals surface area contributed by atoms with Crippen LogP contribution in [0.4, 0.5) is 5.69 Å². The van der Waals surface area contributed by atoms with E-state index < -0.39 is 5.97 Å². The summed E-state index contributed by atoms with van der Waals surface area (Å²) in [6, 6.07) is 6.82. The van der Waals surface area contributed by atoms with Crippen molar-refractivity contribution >= 4 is 17.6 Å². The van der Waals surface area contributed by atoms with Gasteiger partial charge >= 0.3 is 5.97 Å². The molecule has 0 spiro atoms. The van der Waals surface area contributed by atoms with Crippen LogP contribution in [0.15, 0.2) is 24.3 Å². The molecule has 0 radical (unpaired) electrons. The van der Waals surface area contributed by atoms with Crippen molar-refractivity contribution in [3.63, 3.8) is 0 Å². The van der Waals surface area contributed by atoms with Crippen LogP contribution >= 0.6 is 0 Å². The first-order valence-electron chi connectivity index (χ1n) is 6.30. The number of hydrogen-bond donors (Lipinski definition) is 2. The fourth-order valence-corrected chi connectivity index (χ4v) is 1.83. The van der Waals surface area contributed by atoms with E-state index in [4.69, 9.17) is 10.8 Å². The molecule has 0 aromatic heterocycles. The summed E-state index contributed by atoms with van der Waals surface area (Å²) < 4.78 is 0. The molecule has 0 saturated carbocycles. The second-order valence-electron chi connectivity index (χ2n) is 4.72. The van der Waals surface area contributed by atoms with Crippen LogP contribution in [0.25, 0.3) is 0 Å². The molecule has 1 rings (SSSR count). The van der Waals surface area contributed by atoms with Crippen LogP contribution in [0.1, 0.15) is 37.0 Å². The molecule has 0 aliphatic carbocycles. The van der Waals surface area contributed by atoms with Crippen molar-refractivity contribution in [3.8, 4) is 0 Å². The Kier molecular flexibility index (Phi) is 5.36. The van der Waals surface area contributed by atoms with Crippen molar-refractivity contribution in [1.29, 1.82) is 0 Å². The molecule has 19 heavy (non-hydrogen) atoms. The Labute approximate surface area is 113 Å². The highest BCUT2D eigenvalue weighted by molar-refractivity contribution is 5.95. The van der Waals surface area contributed by atoms with Crippen LogP contribution in [0.5, 0.6) is 0 Å². The molecule has 1 aromatic carbocycles. The molecule has 0 atom stereocenters. The van der Waals surface area contributed by atoms with Gasteiger partial charge in [-0.3, -0.25) is 9.59 Å². The number of anilines is 1. The van der Waals surface area contributed by atoms with Gasteiger partial charge in [-0.25, -0.2) is 0 Å². The monoisotopic (exact) mass is 264 g/mol. The van der Waals surface area contributed by atoms with Gasteiger partial charge in [-0.15, -0.1) is 0 Å². The Hall–Kier alpha value is -2.04. The maximum atomic E-state index is 12.3. The zero-order valence-electron chi connectivity index (χ0n) is 11.3. The van der Waals surface area contributed by atoms with Crippen LogP contribution in [0, 0.1) is 0 Å². The molecule has 5 heteroatoms. The van der Waals surface area contributed by atoms with Crippen LogP contribution in [0.3, 0.4) is 0 Å². The number of rotatable bonds is 6. The molecular weight excluding hydrogens is 244 g/mol. The molecule has 3 N–H and O–H groups in total. The first-order valence-corrected chi connectivity index (χ1v) is 6.30. The lowest BCUT2D eigenvalue weighted by Gasteiger charge is -2.26. The number of carbonyl (C=O) groups is 2. The first-order chi connectivity index (χ1) is 8.91. The summed E-state index contributed by atoms with van der Waals surface area (Å²) in [7, 11) is 0. The van der Waals surface area contributed by atoms with E-state index in [1.165, 1.54) is 0 Å². The number of carboxylic acid groups (broad SMARTS) is 1. The van der Waals surface area contributed by atoms with Crippen molar-refractivity contribution in [2.24, 2.45) is 0 Å². The van der Waals surface area contributed by atoms with Gasteiger partial charge in [0.1, 0.15) is 0 Å². The maximum absolute atomic E-state index is 12.3. The Morgan fingerprint density at radius 3 is 2.58 bits per heavy atom. The Morgan fingerprint density at radius 1 is 1.37 bits per heavy atom. The predicted octanol–water partition coefficient (Wildman–Crippen LogP) is 1.98. The van der Waals surface area contributed by atoms with Gasteiger partial charge < -0.3 is 15.7 Å². The first kappa shape index (κ1) is 15.0. The average Bonchev–Trinajstić information content (AvgIpc) is 2.33. The number of benzene rings is 1. The lowest BCUT2D eigenvalue weighted by molar-refractivity contribution is -0.137. The van der Waals surface area contributed by atoms with E-state index in [0.29, 0.717) is 24.2 Å². The Bertz CT molecular complexity index is 458. The highest BCUT2D eigenvalue weighted by Crippen LogP contribution is 2.12. The summed E-state index contributed by atoms with van der Waals surface area (Å²) in [5.74, 6) is -0.965. The maximum Gasteiger partial charge on any atom is 0.303 e. The SMILES string of the molecule is CC(C)N(CCCC(=O)O)C(=O)c1cccc(N)c1. The number of carbonyl (C=O) groups excluding carboxylic acids is 1. The van der Waals surface area contributed by atoms with Crippen LogP contribution in [-0.2, 0) is 4.79 Å². The van der Waals surface area contributed by atoms with Crippen molar-refractivity contribution in [2.75, 3.05) is 12.3 Å². The van der Waals surface area contributed by atoms with Gasteiger partial charge in [0.25, 0.3) is 5.91 Å². The lowest BCUT2D eigenvalue weighted by Crippen LogP contribution is -2.37. The standard InChI is InChI=1S/C14H20N2O3/c1-10(2)16(8-4-7-13(17)18)14(19)11-5-3-6-12(15)9-11/h3,5-6,9-10H,4,7-8,15H2,1-2H3,(H,17,18). The molecule has 0 aliphatic rings. The number of carboxylic acids is 1. The van der Waals surface area contributed by atoms with Gasteiger partial charge in [-0.05, 0) is 38.5 Å². The number of nitrogen functional groups attached to an aromatic ring is 1. The van der Waals surface area contributed by atoms with Crippen LogP contribution in [-0.4, -0.2) is 34.5 Å². The van der Waals surface area contributed by atoms with Crippen LogP contribution in [0.2, 0.25) is 0 Å². The van der Waals surface area contributed by atoms with E-state index in [1.54, 1.807) is 29.2 Å². The third-order valence-electron chi connectivity index (χ3n) is 2.81. The molecule has 0 heterocycles. The minimum atomic E-state index is -0.847. The van der Waals surface area contributed by atoms with E-state index in [0.717, 1.165) is 0 Å². The molecule has 0 fully saturated rings. The molecule has 5 nitrogen and oxygen atoms in total. The van der Waals surface area contributed by atoms with Gasteiger partial charge in [-0.2, -0.15) is 0 Å². The third kappa shape index (κ3) is 4.62.